The third kappa shape index (κ3) is 6.03. The number of carbonyl (C=O) groups excluding carboxylic acids is 6. The summed E-state index contributed by atoms with van der Waals surface area (Å²) in [5.74, 6) is -4.20. The van der Waals surface area contributed by atoms with Gasteiger partial charge in [0, 0.05) is 19.9 Å². The van der Waals surface area contributed by atoms with Crippen molar-refractivity contribution in [2.75, 3.05) is 11.9 Å². The summed E-state index contributed by atoms with van der Waals surface area (Å²) in [7, 11) is 0. The van der Waals surface area contributed by atoms with Gasteiger partial charge in [0.05, 0.1) is 23.7 Å². The number of carbonyl (C=O) groups is 7. The highest BCUT2D eigenvalue weighted by Gasteiger charge is 2.45. The smallest absolute Gasteiger partial charge is 0.305 e. The van der Waals surface area contributed by atoms with E-state index in [1.807, 2.05) is 0 Å². The largest absolute Gasteiger partial charge is 0.481 e. The molecule has 3 rings (SSSR count). The van der Waals surface area contributed by atoms with Crippen molar-refractivity contribution in [3.63, 3.8) is 0 Å². The minimum Gasteiger partial charge on any atom is -0.481 e. The summed E-state index contributed by atoms with van der Waals surface area (Å²) in [5, 5.41) is 18.6. The van der Waals surface area contributed by atoms with Crippen molar-refractivity contribution in [3.8, 4) is 0 Å². The summed E-state index contributed by atoms with van der Waals surface area (Å²) in [6.07, 6.45) is 0.155. The molecule has 13 heteroatoms. The van der Waals surface area contributed by atoms with E-state index in [9.17, 15) is 33.6 Å². The Hall–Kier alpha value is -4.29. The van der Waals surface area contributed by atoms with Crippen LogP contribution in [0.4, 0.5) is 5.69 Å². The van der Waals surface area contributed by atoms with Gasteiger partial charge in [0.25, 0.3) is 11.8 Å². The molecule has 2 aliphatic rings. The highest BCUT2D eigenvalue weighted by Crippen LogP contribution is 2.25. The lowest BCUT2D eigenvalue weighted by molar-refractivity contribution is -0.176. The third-order valence-corrected chi connectivity index (χ3v) is 5.84. The van der Waals surface area contributed by atoms with Gasteiger partial charge in [-0.1, -0.05) is 12.1 Å². The summed E-state index contributed by atoms with van der Waals surface area (Å²) in [6.45, 7) is 1.48. The quantitative estimate of drug-likeness (QED) is 0.342. The van der Waals surface area contributed by atoms with Gasteiger partial charge in [-0.15, -0.1) is 0 Å². The molecule has 0 radical (unpaired) electrons. The molecule has 3 atom stereocenters. The number of nitrogens with one attached hydrogen (secondary N) is 3. The summed E-state index contributed by atoms with van der Waals surface area (Å²) in [4.78, 5) is 85.9. The van der Waals surface area contributed by atoms with Gasteiger partial charge in [-0.2, -0.15) is 0 Å². The van der Waals surface area contributed by atoms with E-state index in [0.29, 0.717) is 6.42 Å². The van der Waals surface area contributed by atoms with E-state index in [1.165, 1.54) is 24.1 Å². The highest BCUT2D eigenvalue weighted by molar-refractivity contribution is 6.05. The van der Waals surface area contributed by atoms with Crippen molar-refractivity contribution >= 4 is 47.5 Å². The number of hydrazine groups is 1. The number of benzene rings is 1. The summed E-state index contributed by atoms with van der Waals surface area (Å²) in [5.41, 5.74) is 0.359. The van der Waals surface area contributed by atoms with Crippen LogP contribution in [0.3, 0.4) is 0 Å². The van der Waals surface area contributed by atoms with E-state index in [4.69, 9.17) is 5.11 Å². The highest BCUT2D eigenvalue weighted by atomic mass is 16.4. The van der Waals surface area contributed by atoms with E-state index in [0.717, 1.165) is 5.01 Å². The lowest BCUT2D eigenvalue weighted by atomic mass is 10.0. The monoisotopic (exact) mass is 501 g/mol. The van der Waals surface area contributed by atoms with Crippen LogP contribution in [0.25, 0.3) is 0 Å². The number of aldehydes is 1. The standard InChI is InChI=1S/C23H27N5O8/c1-13(30)24-16-6-3-2-5-15(16)21(34)26-17-8-9-19(31)27-10-4-7-18(28(27)23(17)36)22(35)25-14(12-29)11-20(32)33/h2-3,5-6,12,14,17-18H,4,7-11H2,1H3,(H,24,30)(H,25,35)(H,26,34)(H,32,33)/t14-,17-,18-/m0/s1. The predicted octanol–water partition coefficient (Wildman–Crippen LogP) is -0.570. The molecule has 5 amide bonds. The van der Waals surface area contributed by atoms with Crippen molar-refractivity contribution in [1.29, 1.82) is 0 Å². The molecule has 2 aliphatic heterocycles. The second-order valence-corrected chi connectivity index (χ2v) is 8.50. The van der Waals surface area contributed by atoms with Crippen molar-refractivity contribution < 1.29 is 38.7 Å². The molecule has 36 heavy (non-hydrogen) atoms. The molecule has 0 spiro atoms. The van der Waals surface area contributed by atoms with Gasteiger partial charge in [-0.05, 0) is 31.4 Å². The Balaban J connectivity index is 1.83. The Morgan fingerprint density at radius 1 is 1.17 bits per heavy atom. The fourth-order valence-electron chi connectivity index (χ4n) is 4.22. The molecule has 2 saturated heterocycles. The first-order valence-corrected chi connectivity index (χ1v) is 11.4. The Labute approximate surface area is 206 Å². The second kappa shape index (κ2) is 11.4. The maximum Gasteiger partial charge on any atom is 0.305 e. The maximum atomic E-state index is 13.5. The van der Waals surface area contributed by atoms with Gasteiger partial charge in [0.1, 0.15) is 18.4 Å². The number of hydrogen-bond acceptors (Lipinski definition) is 7. The summed E-state index contributed by atoms with van der Waals surface area (Å²) in [6, 6.07) is 2.60. The van der Waals surface area contributed by atoms with E-state index >= 15 is 0 Å². The molecule has 0 aliphatic carbocycles. The second-order valence-electron chi connectivity index (χ2n) is 8.50. The van der Waals surface area contributed by atoms with Crippen LogP contribution in [-0.4, -0.2) is 81.6 Å². The van der Waals surface area contributed by atoms with Crippen LogP contribution in [0.1, 0.15) is 49.4 Å². The van der Waals surface area contributed by atoms with Crippen LogP contribution in [0, 0.1) is 0 Å². The molecule has 2 heterocycles. The average Bonchev–Trinajstić information content (AvgIpc) is 2.95. The lowest BCUT2D eigenvalue weighted by Crippen LogP contribution is -2.64. The van der Waals surface area contributed by atoms with E-state index in [2.05, 4.69) is 16.0 Å². The number of carboxylic acids is 1. The third-order valence-electron chi connectivity index (χ3n) is 5.84. The Morgan fingerprint density at radius 3 is 2.56 bits per heavy atom. The van der Waals surface area contributed by atoms with Crippen molar-refractivity contribution in [3.05, 3.63) is 29.8 Å². The molecule has 0 saturated carbocycles. The molecular formula is C23H27N5O8. The molecular weight excluding hydrogens is 474 g/mol. The predicted molar refractivity (Wildman–Crippen MR) is 123 cm³/mol. The Bertz CT molecular complexity index is 1090. The first-order valence-electron chi connectivity index (χ1n) is 11.4. The van der Waals surface area contributed by atoms with Crippen molar-refractivity contribution in [2.45, 2.75) is 57.2 Å². The zero-order valence-corrected chi connectivity index (χ0v) is 19.6. The Kier molecular flexibility index (Phi) is 8.35. The first kappa shape index (κ1) is 26.3. The van der Waals surface area contributed by atoms with Gasteiger partial charge in [0.2, 0.25) is 17.7 Å². The van der Waals surface area contributed by atoms with Gasteiger partial charge in [-0.3, -0.25) is 33.8 Å². The average molecular weight is 501 g/mol. The SMILES string of the molecule is CC(=O)Nc1ccccc1C(=O)N[C@H]1CCC(=O)N2CCC[C@@H](C(=O)N[C@H](C=O)CC(=O)O)N2C1=O. The van der Waals surface area contributed by atoms with Gasteiger partial charge in [0.15, 0.2) is 0 Å². The number of nitrogens with zero attached hydrogens (tertiary/aromatic N) is 2. The molecule has 13 nitrogen and oxygen atoms in total. The number of carboxylic acid groups (broad SMARTS) is 1. The number of aliphatic carboxylic acids is 1. The summed E-state index contributed by atoms with van der Waals surface area (Å²) < 4.78 is 0. The summed E-state index contributed by atoms with van der Waals surface area (Å²) >= 11 is 0. The first-order chi connectivity index (χ1) is 17.1. The maximum absolute atomic E-state index is 13.5. The van der Waals surface area contributed by atoms with Gasteiger partial charge < -0.3 is 25.9 Å². The number of anilines is 1. The molecule has 0 bridgehead atoms. The molecule has 1 aromatic carbocycles. The molecule has 192 valence electrons. The molecule has 2 fully saturated rings. The number of hydrogen-bond donors (Lipinski definition) is 4. The van der Waals surface area contributed by atoms with E-state index in [1.54, 1.807) is 12.1 Å². The van der Waals surface area contributed by atoms with Crippen LogP contribution < -0.4 is 16.0 Å². The van der Waals surface area contributed by atoms with Crippen molar-refractivity contribution in [2.24, 2.45) is 0 Å². The fraction of sp³-hybridized carbons (Fsp3) is 0.435. The number of rotatable bonds is 8. The zero-order valence-electron chi connectivity index (χ0n) is 19.6. The topological polar surface area (TPSA) is 182 Å². The van der Waals surface area contributed by atoms with Gasteiger partial charge >= 0.3 is 5.97 Å². The fourth-order valence-corrected chi connectivity index (χ4v) is 4.22. The molecule has 0 aromatic heterocycles. The lowest BCUT2D eigenvalue weighted by Gasteiger charge is -2.43. The normalized spacial score (nSPS) is 20.5. The zero-order chi connectivity index (χ0) is 26.4. The van der Waals surface area contributed by atoms with Gasteiger partial charge in [-0.25, -0.2) is 5.01 Å². The number of para-hydroxylation sites is 1. The van der Waals surface area contributed by atoms with Crippen LogP contribution in [0.15, 0.2) is 24.3 Å². The van der Waals surface area contributed by atoms with Crippen LogP contribution in [0.5, 0.6) is 0 Å². The minimum absolute atomic E-state index is 0.0109. The molecule has 0 unspecified atom stereocenters. The van der Waals surface area contributed by atoms with E-state index < -0.39 is 54.1 Å². The minimum atomic E-state index is -1.30. The number of fused-ring (bicyclic) bond motifs is 1. The van der Waals surface area contributed by atoms with E-state index in [-0.39, 0.29) is 49.3 Å². The molecule has 4 N–H and O–H groups in total. The van der Waals surface area contributed by atoms with Crippen LogP contribution >= 0.6 is 0 Å². The van der Waals surface area contributed by atoms with Crippen molar-refractivity contribution in [1.82, 2.24) is 20.7 Å². The number of amides is 5. The van der Waals surface area contributed by atoms with Crippen LogP contribution in [0.2, 0.25) is 0 Å². The Morgan fingerprint density at radius 2 is 1.89 bits per heavy atom. The molecule has 1 aromatic rings. The van der Waals surface area contributed by atoms with Crippen LogP contribution in [-0.2, 0) is 28.8 Å².